The Kier molecular flexibility index (Phi) is 2.83. The second kappa shape index (κ2) is 4.51. The summed E-state index contributed by atoms with van der Waals surface area (Å²) in [6, 6.07) is 9.91. The maximum atomic E-state index is 12.3. The van der Waals surface area contributed by atoms with E-state index in [9.17, 15) is 4.79 Å². The second-order valence-electron chi connectivity index (χ2n) is 4.30. The summed E-state index contributed by atoms with van der Waals surface area (Å²) in [4.78, 5) is 18.5. The molecule has 5 heteroatoms. The van der Waals surface area contributed by atoms with Crippen LogP contribution in [0, 0.1) is 4.77 Å². The van der Waals surface area contributed by atoms with E-state index in [1.807, 2.05) is 43.5 Å². The number of rotatable bonds is 2. The number of nitrogens with one attached hydrogen (secondary N) is 2. The minimum atomic E-state index is -0.0802. The van der Waals surface area contributed by atoms with Gasteiger partial charge in [-0.25, -0.2) is 0 Å². The van der Waals surface area contributed by atoms with Crippen molar-refractivity contribution in [3.05, 3.63) is 51.7 Å². The molecule has 0 bridgehead atoms. The van der Waals surface area contributed by atoms with Gasteiger partial charge in [0.05, 0.1) is 5.52 Å². The average molecular weight is 271 g/mol. The fourth-order valence-corrected chi connectivity index (χ4v) is 2.57. The van der Waals surface area contributed by atoms with Gasteiger partial charge in [-0.15, -0.1) is 0 Å². The number of aromatic nitrogens is 3. The number of hydrogen-bond donors (Lipinski definition) is 2. The first-order chi connectivity index (χ1) is 9.22. The van der Waals surface area contributed by atoms with Crippen molar-refractivity contribution < 1.29 is 0 Å². The van der Waals surface area contributed by atoms with Crippen LogP contribution in [0.15, 0.2) is 41.3 Å². The van der Waals surface area contributed by atoms with Crippen molar-refractivity contribution in [2.75, 3.05) is 0 Å². The Morgan fingerprint density at radius 1 is 1.21 bits per heavy atom. The van der Waals surface area contributed by atoms with Crippen molar-refractivity contribution in [1.29, 1.82) is 0 Å². The van der Waals surface area contributed by atoms with Crippen molar-refractivity contribution in [2.45, 2.75) is 13.5 Å². The van der Waals surface area contributed by atoms with Gasteiger partial charge in [0.1, 0.15) is 5.52 Å². The lowest BCUT2D eigenvalue weighted by molar-refractivity contribution is 0.703. The summed E-state index contributed by atoms with van der Waals surface area (Å²) in [5.74, 6) is 0. The molecule has 19 heavy (non-hydrogen) atoms. The number of hydrogen-bond acceptors (Lipinski definition) is 2. The van der Waals surface area contributed by atoms with E-state index in [1.54, 1.807) is 4.57 Å². The van der Waals surface area contributed by atoms with E-state index < -0.39 is 0 Å². The van der Waals surface area contributed by atoms with E-state index >= 15 is 0 Å². The first-order valence-corrected chi connectivity index (χ1v) is 6.53. The average Bonchev–Trinajstić information content (AvgIpc) is 2.84. The molecule has 0 fully saturated rings. The zero-order chi connectivity index (χ0) is 13.4. The third-order valence-electron chi connectivity index (χ3n) is 3.22. The van der Waals surface area contributed by atoms with Crippen molar-refractivity contribution in [3.63, 3.8) is 0 Å². The van der Waals surface area contributed by atoms with Crippen LogP contribution in [0.25, 0.3) is 22.2 Å². The highest BCUT2D eigenvalue weighted by Gasteiger charge is 2.11. The number of aromatic amines is 2. The van der Waals surface area contributed by atoms with E-state index in [1.165, 1.54) is 0 Å². The fraction of sp³-hybridized carbons (Fsp3) is 0.143. The highest BCUT2D eigenvalue weighted by molar-refractivity contribution is 7.71. The van der Waals surface area contributed by atoms with Gasteiger partial charge >= 0.3 is 0 Å². The molecule has 0 spiro atoms. The summed E-state index contributed by atoms with van der Waals surface area (Å²) in [6.45, 7) is 2.46. The summed E-state index contributed by atoms with van der Waals surface area (Å²) in [5, 5.41) is 0. The second-order valence-corrected chi connectivity index (χ2v) is 4.68. The normalized spacial score (nSPS) is 11.0. The molecule has 0 aliphatic carbocycles. The van der Waals surface area contributed by atoms with Crippen LogP contribution in [-0.2, 0) is 6.54 Å². The van der Waals surface area contributed by atoms with Crippen LogP contribution >= 0.6 is 12.2 Å². The molecule has 0 aliphatic heterocycles. The van der Waals surface area contributed by atoms with E-state index in [0.717, 1.165) is 16.6 Å². The minimum Gasteiger partial charge on any atom is -0.355 e. The Balaban J connectivity index is 2.37. The van der Waals surface area contributed by atoms with Gasteiger partial charge in [-0.1, -0.05) is 30.3 Å². The standard InChI is InChI=1S/C14H13N3OS/c1-2-17-13(18)12-11(16-14(17)19)10(8-15-12)9-6-4-3-5-7-9/h3-8,15H,2H2,1H3,(H,16,19). The van der Waals surface area contributed by atoms with E-state index in [4.69, 9.17) is 12.2 Å². The lowest BCUT2D eigenvalue weighted by Crippen LogP contribution is -2.21. The third kappa shape index (κ3) is 1.82. The van der Waals surface area contributed by atoms with Crippen molar-refractivity contribution in [1.82, 2.24) is 14.5 Å². The van der Waals surface area contributed by atoms with Gasteiger partial charge in [-0.2, -0.15) is 0 Å². The molecule has 4 nitrogen and oxygen atoms in total. The molecule has 2 N–H and O–H groups in total. The Morgan fingerprint density at radius 3 is 2.63 bits per heavy atom. The SMILES string of the molecule is CCn1c(=S)[nH]c2c(-c3ccccc3)c[nH]c2c1=O. The van der Waals surface area contributed by atoms with Gasteiger partial charge in [-0.05, 0) is 24.7 Å². The van der Waals surface area contributed by atoms with E-state index in [0.29, 0.717) is 16.8 Å². The molecular weight excluding hydrogens is 258 g/mol. The maximum absolute atomic E-state index is 12.3. The first-order valence-electron chi connectivity index (χ1n) is 6.12. The highest BCUT2D eigenvalue weighted by Crippen LogP contribution is 2.25. The number of H-pyrrole nitrogens is 2. The van der Waals surface area contributed by atoms with Crippen LogP contribution in [0.3, 0.4) is 0 Å². The predicted octanol–water partition coefficient (Wildman–Crippen LogP) is 3.07. The van der Waals surface area contributed by atoms with Gasteiger partial charge in [0, 0.05) is 18.3 Å². The van der Waals surface area contributed by atoms with Crippen LogP contribution in [-0.4, -0.2) is 14.5 Å². The van der Waals surface area contributed by atoms with Gasteiger partial charge < -0.3 is 9.97 Å². The van der Waals surface area contributed by atoms with Crippen LogP contribution in [0.1, 0.15) is 6.92 Å². The van der Waals surface area contributed by atoms with E-state index in [-0.39, 0.29) is 5.56 Å². The molecule has 2 heterocycles. The molecule has 0 amide bonds. The van der Waals surface area contributed by atoms with Crippen LogP contribution in [0.4, 0.5) is 0 Å². The molecule has 2 aromatic heterocycles. The molecular formula is C14H13N3OS. The molecule has 0 radical (unpaired) electrons. The molecule has 0 unspecified atom stereocenters. The summed E-state index contributed by atoms with van der Waals surface area (Å²) in [5.41, 5.74) is 3.26. The number of nitrogens with zero attached hydrogens (tertiary/aromatic N) is 1. The summed E-state index contributed by atoms with van der Waals surface area (Å²) in [6.07, 6.45) is 1.84. The van der Waals surface area contributed by atoms with Gasteiger partial charge in [0.2, 0.25) is 0 Å². The monoisotopic (exact) mass is 271 g/mol. The van der Waals surface area contributed by atoms with Crippen LogP contribution in [0.5, 0.6) is 0 Å². The fourth-order valence-electron chi connectivity index (χ4n) is 2.26. The van der Waals surface area contributed by atoms with Crippen molar-refractivity contribution in [3.8, 4) is 11.1 Å². The van der Waals surface area contributed by atoms with Crippen molar-refractivity contribution >= 4 is 23.3 Å². The molecule has 0 aliphatic rings. The van der Waals surface area contributed by atoms with Gasteiger partial charge in [0.15, 0.2) is 4.77 Å². The smallest absolute Gasteiger partial charge is 0.278 e. The zero-order valence-corrected chi connectivity index (χ0v) is 11.3. The quantitative estimate of drug-likeness (QED) is 0.704. The minimum absolute atomic E-state index is 0.0802. The Morgan fingerprint density at radius 2 is 1.95 bits per heavy atom. The van der Waals surface area contributed by atoms with Crippen LogP contribution < -0.4 is 5.56 Å². The molecule has 3 rings (SSSR count). The maximum Gasteiger partial charge on any atom is 0.278 e. The zero-order valence-electron chi connectivity index (χ0n) is 10.4. The topological polar surface area (TPSA) is 53.6 Å². The predicted molar refractivity (Wildman–Crippen MR) is 78.9 cm³/mol. The Bertz CT molecular complexity index is 842. The van der Waals surface area contributed by atoms with Gasteiger partial charge in [0.25, 0.3) is 5.56 Å². The third-order valence-corrected chi connectivity index (χ3v) is 3.54. The Labute approximate surface area is 114 Å². The molecule has 96 valence electrons. The van der Waals surface area contributed by atoms with Crippen molar-refractivity contribution in [2.24, 2.45) is 0 Å². The highest BCUT2D eigenvalue weighted by atomic mass is 32.1. The lowest BCUT2D eigenvalue weighted by Gasteiger charge is -2.03. The first kappa shape index (κ1) is 11.9. The van der Waals surface area contributed by atoms with E-state index in [2.05, 4.69) is 9.97 Å². The van der Waals surface area contributed by atoms with Gasteiger partial charge in [-0.3, -0.25) is 9.36 Å². The largest absolute Gasteiger partial charge is 0.355 e. The number of benzene rings is 1. The molecule has 0 saturated carbocycles. The summed E-state index contributed by atoms with van der Waals surface area (Å²) >= 11 is 5.24. The molecule has 1 aromatic carbocycles. The number of fused-ring (bicyclic) bond motifs is 1. The molecule has 0 saturated heterocycles. The molecule has 3 aromatic rings. The summed E-state index contributed by atoms with van der Waals surface area (Å²) in [7, 11) is 0. The Hall–Kier alpha value is -2.14. The summed E-state index contributed by atoms with van der Waals surface area (Å²) < 4.78 is 2.00. The molecule has 0 atom stereocenters. The lowest BCUT2D eigenvalue weighted by atomic mass is 10.1. The van der Waals surface area contributed by atoms with Crippen LogP contribution in [0.2, 0.25) is 0 Å².